The SMILES string of the molecule is Cc1ccccc1-c1ccccc1CN1CCC(C)C1. The van der Waals surface area contributed by atoms with E-state index in [1.165, 1.54) is 41.8 Å². The van der Waals surface area contributed by atoms with Gasteiger partial charge in [-0.2, -0.15) is 0 Å². The molecule has 0 amide bonds. The van der Waals surface area contributed by atoms with Gasteiger partial charge in [0.25, 0.3) is 0 Å². The Balaban J connectivity index is 1.91. The Morgan fingerprint density at radius 1 is 1.00 bits per heavy atom. The summed E-state index contributed by atoms with van der Waals surface area (Å²) >= 11 is 0. The van der Waals surface area contributed by atoms with Crippen LogP contribution in [0.5, 0.6) is 0 Å². The molecule has 2 aromatic rings. The maximum absolute atomic E-state index is 2.59. The summed E-state index contributed by atoms with van der Waals surface area (Å²) in [6.45, 7) is 8.11. The molecule has 104 valence electrons. The molecule has 1 saturated heterocycles. The lowest BCUT2D eigenvalue weighted by Gasteiger charge is -2.19. The minimum absolute atomic E-state index is 0.848. The zero-order valence-electron chi connectivity index (χ0n) is 12.5. The predicted molar refractivity (Wildman–Crippen MR) is 85.7 cm³/mol. The molecule has 1 atom stereocenters. The number of hydrogen-bond acceptors (Lipinski definition) is 1. The van der Waals surface area contributed by atoms with Crippen LogP contribution in [0, 0.1) is 12.8 Å². The highest BCUT2D eigenvalue weighted by atomic mass is 15.1. The van der Waals surface area contributed by atoms with Gasteiger partial charge in [0.2, 0.25) is 0 Å². The Kier molecular flexibility index (Phi) is 3.88. The molecule has 0 N–H and O–H groups in total. The number of benzene rings is 2. The molecule has 2 aromatic carbocycles. The summed E-state index contributed by atoms with van der Waals surface area (Å²) in [6.07, 6.45) is 1.34. The van der Waals surface area contributed by atoms with Crippen LogP contribution in [-0.2, 0) is 6.54 Å². The van der Waals surface area contributed by atoms with Gasteiger partial charge in [-0.1, -0.05) is 55.5 Å². The van der Waals surface area contributed by atoms with E-state index >= 15 is 0 Å². The van der Waals surface area contributed by atoms with E-state index in [2.05, 4.69) is 67.3 Å². The number of rotatable bonds is 3. The molecule has 1 heteroatoms. The Morgan fingerprint density at radius 2 is 1.70 bits per heavy atom. The molecular formula is C19H23N. The molecule has 0 saturated carbocycles. The van der Waals surface area contributed by atoms with Crippen LogP contribution in [0.2, 0.25) is 0 Å². The van der Waals surface area contributed by atoms with Crippen molar-refractivity contribution in [1.82, 2.24) is 4.90 Å². The maximum Gasteiger partial charge on any atom is 0.0240 e. The second-order valence-electron chi connectivity index (χ2n) is 6.10. The van der Waals surface area contributed by atoms with Gasteiger partial charge >= 0.3 is 0 Å². The summed E-state index contributed by atoms with van der Waals surface area (Å²) in [6, 6.07) is 17.5. The Morgan fingerprint density at radius 3 is 2.40 bits per heavy atom. The van der Waals surface area contributed by atoms with E-state index < -0.39 is 0 Å². The number of nitrogens with zero attached hydrogens (tertiary/aromatic N) is 1. The van der Waals surface area contributed by atoms with Crippen molar-refractivity contribution in [3.63, 3.8) is 0 Å². The van der Waals surface area contributed by atoms with E-state index in [1.54, 1.807) is 0 Å². The summed E-state index contributed by atoms with van der Waals surface area (Å²) in [5, 5.41) is 0. The van der Waals surface area contributed by atoms with E-state index in [1.807, 2.05) is 0 Å². The first-order valence-corrected chi connectivity index (χ1v) is 7.60. The van der Waals surface area contributed by atoms with Crippen molar-refractivity contribution in [3.8, 4) is 11.1 Å². The summed E-state index contributed by atoms with van der Waals surface area (Å²) in [5.41, 5.74) is 5.58. The predicted octanol–water partition coefficient (Wildman–Crippen LogP) is 4.50. The third-order valence-electron chi connectivity index (χ3n) is 4.35. The van der Waals surface area contributed by atoms with Crippen molar-refractivity contribution in [1.29, 1.82) is 0 Å². The summed E-state index contributed by atoms with van der Waals surface area (Å²) in [7, 11) is 0. The molecule has 1 unspecified atom stereocenters. The van der Waals surface area contributed by atoms with Crippen LogP contribution >= 0.6 is 0 Å². The van der Waals surface area contributed by atoms with Crippen molar-refractivity contribution >= 4 is 0 Å². The van der Waals surface area contributed by atoms with E-state index in [9.17, 15) is 0 Å². The molecule has 20 heavy (non-hydrogen) atoms. The van der Waals surface area contributed by atoms with E-state index in [4.69, 9.17) is 0 Å². The Hall–Kier alpha value is -1.60. The fourth-order valence-corrected chi connectivity index (χ4v) is 3.21. The summed E-state index contributed by atoms with van der Waals surface area (Å²) in [5.74, 6) is 0.848. The molecule has 1 fully saturated rings. The highest BCUT2D eigenvalue weighted by Crippen LogP contribution is 2.28. The first kappa shape index (κ1) is 13.4. The molecule has 3 rings (SSSR count). The van der Waals surface area contributed by atoms with E-state index in [0.717, 1.165) is 12.5 Å². The van der Waals surface area contributed by atoms with Crippen LogP contribution < -0.4 is 0 Å². The molecule has 1 aliphatic rings. The van der Waals surface area contributed by atoms with Crippen molar-refractivity contribution in [2.75, 3.05) is 13.1 Å². The number of likely N-dealkylation sites (tertiary alicyclic amines) is 1. The van der Waals surface area contributed by atoms with Gasteiger partial charge in [0, 0.05) is 13.1 Å². The molecule has 1 aliphatic heterocycles. The van der Waals surface area contributed by atoms with Gasteiger partial charge < -0.3 is 0 Å². The van der Waals surface area contributed by atoms with Gasteiger partial charge in [-0.15, -0.1) is 0 Å². The topological polar surface area (TPSA) is 3.24 Å². The van der Waals surface area contributed by atoms with Crippen LogP contribution in [-0.4, -0.2) is 18.0 Å². The molecular weight excluding hydrogens is 242 g/mol. The minimum Gasteiger partial charge on any atom is -0.299 e. The van der Waals surface area contributed by atoms with Crippen molar-refractivity contribution in [2.45, 2.75) is 26.8 Å². The standard InChI is InChI=1S/C19H23N/c1-15-11-12-20(13-15)14-17-8-4-6-10-19(17)18-9-5-3-7-16(18)2/h3-10,15H,11-14H2,1-2H3. The first-order valence-electron chi connectivity index (χ1n) is 7.60. The number of hydrogen-bond donors (Lipinski definition) is 0. The normalized spacial score (nSPS) is 19.4. The Labute approximate surface area is 122 Å². The van der Waals surface area contributed by atoms with Gasteiger partial charge in [-0.3, -0.25) is 4.90 Å². The molecule has 1 heterocycles. The lowest BCUT2D eigenvalue weighted by atomic mass is 9.96. The maximum atomic E-state index is 2.59. The van der Waals surface area contributed by atoms with Gasteiger partial charge in [0.15, 0.2) is 0 Å². The largest absolute Gasteiger partial charge is 0.299 e. The average molecular weight is 265 g/mol. The van der Waals surface area contributed by atoms with Gasteiger partial charge in [-0.05, 0) is 48.1 Å². The fourth-order valence-electron chi connectivity index (χ4n) is 3.21. The van der Waals surface area contributed by atoms with Crippen molar-refractivity contribution in [2.24, 2.45) is 5.92 Å². The fraction of sp³-hybridized carbons (Fsp3) is 0.368. The van der Waals surface area contributed by atoms with Gasteiger partial charge in [0.05, 0.1) is 0 Å². The highest BCUT2D eigenvalue weighted by molar-refractivity contribution is 5.70. The monoisotopic (exact) mass is 265 g/mol. The third-order valence-corrected chi connectivity index (χ3v) is 4.35. The third kappa shape index (κ3) is 2.78. The second kappa shape index (κ2) is 5.80. The molecule has 0 aliphatic carbocycles. The van der Waals surface area contributed by atoms with Crippen molar-refractivity contribution < 1.29 is 0 Å². The average Bonchev–Trinajstić information content (AvgIpc) is 2.86. The first-order chi connectivity index (χ1) is 9.74. The van der Waals surface area contributed by atoms with Crippen molar-refractivity contribution in [3.05, 3.63) is 59.7 Å². The van der Waals surface area contributed by atoms with E-state index in [-0.39, 0.29) is 0 Å². The van der Waals surface area contributed by atoms with Crippen LogP contribution in [0.4, 0.5) is 0 Å². The lowest BCUT2D eigenvalue weighted by Crippen LogP contribution is -2.20. The molecule has 1 nitrogen and oxygen atoms in total. The van der Waals surface area contributed by atoms with Crippen LogP contribution in [0.15, 0.2) is 48.5 Å². The van der Waals surface area contributed by atoms with E-state index in [0.29, 0.717) is 0 Å². The molecule has 0 radical (unpaired) electrons. The smallest absolute Gasteiger partial charge is 0.0240 e. The van der Waals surface area contributed by atoms with Gasteiger partial charge in [-0.25, -0.2) is 0 Å². The van der Waals surface area contributed by atoms with Crippen LogP contribution in [0.1, 0.15) is 24.5 Å². The highest BCUT2D eigenvalue weighted by Gasteiger charge is 2.19. The quantitative estimate of drug-likeness (QED) is 0.789. The lowest BCUT2D eigenvalue weighted by molar-refractivity contribution is 0.321. The molecule has 0 spiro atoms. The zero-order valence-corrected chi connectivity index (χ0v) is 12.5. The Bertz CT molecular complexity index is 588. The summed E-state index contributed by atoms with van der Waals surface area (Å²) in [4.78, 5) is 2.59. The minimum atomic E-state index is 0.848. The zero-order chi connectivity index (χ0) is 13.9. The molecule has 0 bridgehead atoms. The van der Waals surface area contributed by atoms with Crippen LogP contribution in [0.25, 0.3) is 11.1 Å². The summed E-state index contributed by atoms with van der Waals surface area (Å²) < 4.78 is 0. The van der Waals surface area contributed by atoms with Crippen LogP contribution in [0.3, 0.4) is 0 Å². The number of aryl methyl sites for hydroxylation is 1. The second-order valence-corrected chi connectivity index (χ2v) is 6.10. The molecule has 0 aromatic heterocycles. The van der Waals surface area contributed by atoms with Gasteiger partial charge in [0.1, 0.15) is 0 Å².